The van der Waals surface area contributed by atoms with E-state index in [9.17, 15) is 4.79 Å². The van der Waals surface area contributed by atoms with E-state index >= 15 is 0 Å². The molecule has 0 unspecified atom stereocenters. The number of nitrogens with one attached hydrogen (secondary N) is 2. The Morgan fingerprint density at radius 2 is 2.00 bits per heavy atom. The first-order valence-corrected chi connectivity index (χ1v) is 6.18. The Morgan fingerprint density at radius 1 is 1.33 bits per heavy atom. The molecule has 0 bridgehead atoms. The van der Waals surface area contributed by atoms with E-state index in [1.165, 1.54) is 32.1 Å². The molecular weight excluding hydrogens is 188 g/mol. The Morgan fingerprint density at radius 3 is 2.60 bits per heavy atom. The van der Waals surface area contributed by atoms with Gasteiger partial charge in [0.25, 0.3) is 0 Å². The van der Waals surface area contributed by atoms with Gasteiger partial charge < -0.3 is 10.6 Å². The Labute approximate surface area is 93.0 Å². The number of hydrogen-bond acceptors (Lipinski definition) is 2. The monoisotopic (exact) mass is 212 g/mol. The summed E-state index contributed by atoms with van der Waals surface area (Å²) in [6.45, 7) is 2.91. The Kier molecular flexibility index (Phi) is 5.69. The fourth-order valence-corrected chi connectivity index (χ4v) is 2.32. The molecule has 0 aromatic heterocycles. The van der Waals surface area contributed by atoms with Gasteiger partial charge in [-0.05, 0) is 32.7 Å². The van der Waals surface area contributed by atoms with Crippen LogP contribution in [0.15, 0.2) is 0 Å². The molecule has 0 heterocycles. The fourth-order valence-electron chi connectivity index (χ4n) is 2.32. The van der Waals surface area contributed by atoms with E-state index in [1.54, 1.807) is 0 Å². The van der Waals surface area contributed by atoms with E-state index in [2.05, 4.69) is 17.6 Å². The molecule has 1 saturated carbocycles. The van der Waals surface area contributed by atoms with E-state index in [-0.39, 0.29) is 5.91 Å². The molecule has 1 amide bonds. The van der Waals surface area contributed by atoms with Crippen molar-refractivity contribution < 1.29 is 4.79 Å². The number of rotatable bonds is 5. The highest BCUT2D eigenvalue weighted by atomic mass is 16.1. The van der Waals surface area contributed by atoms with Crippen molar-refractivity contribution >= 4 is 5.91 Å². The van der Waals surface area contributed by atoms with E-state index in [0.29, 0.717) is 18.4 Å². The van der Waals surface area contributed by atoms with Crippen LogP contribution in [0.3, 0.4) is 0 Å². The second kappa shape index (κ2) is 6.83. The maximum absolute atomic E-state index is 11.5. The van der Waals surface area contributed by atoms with Crippen molar-refractivity contribution in [2.45, 2.75) is 51.5 Å². The van der Waals surface area contributed by atoms with Crippen LogP contribution in [0, 0.1) is 5.92 Å². The van der Waals surface area contributed by atoms with Crippen LogP contribution in [0.4, 0.5) is 0 Å². The molecule has 1 rings (SSSR count). The molecule has 0 radical (unpaired) electrons. The predicted molar refractivity (Wildman–Crippen MR) is 62.7 cm³/mol. The topological polar surface area (TPSA) is 41.1 Å². The summed E-state index contributed by atoms with van der Waals surface area (Å²) in [4.78, 5) is 11.5. The molecule has 3 heteroatoms. The second-order valence-corrected chi connectivity index (χ2v) is 4.61. The van der Waals surface area contributed by atoms with Gasteiger partial charge in [-0.2, -0.15) is 0 Å². The molecule has 3 nitrogen and oxygen atoms in total. The van der Waals surface area contributed by atoms with E-state index in [1.807, 2.05) is 7.05 Å². The summed E-state index contributed by atoms with van der Waals surface area (Å²) < 4.78 is 0. The van der Waals surface area contributed by atoms with Crippen LogP contribution in [0.25, 0.3) is 0 Å². The Bertz CT molecular complexity index is 188. The quantitative estimate of drug-likeness (QED) is 0.728. The van der Waals surface area contributed by atoms with Gasteiger partial charge >= 0.3 is 0 Å². The lowest BCUT2D eigenvalue weighted by Gasteiger charge is -2.28. The van der Waals surface area contributed by atoms with Crippen LogP contribution >= 0.6 is 0 Å². The van der Waals surface area contributed by atoms with Gasteiger partial charge in [0.2, 0.25) is 5.91 Å². The summed E-state index contributed by atoms with van der Waals surface area (Å²) in [5, 5.41) is 6.10. The van der Waals surface area contributed by atoms with Crippen LogP contribution in [-0.2, 0) is 4.79 Å². The van der Waals surface area contributed by atoms with Crippen LogP contribution < -0.4 is 10.6 Å². The predicted octanol–water partition coefficient (Wildman–Crippen LogP) is 1.68. The third-order valence-corrected chi connectivity index (χ3v) is 3.35. The van der Waals surface area contributed by atoms with Gasteiger partial charge in [-0.25, -0.2) is 0 Å². The van der Waals surface area contributed by atoms with Crippen molar-refractivity contribution in [3.63, 3.8) is 0 Å². The molecule has 0 aromatic rings. The summed E-state index contributed by atoms with van der Waals surface area (Å²) in [7, 11) is 1.87. The molecule has 0 aromatic carbocycles. The molecule has 1 fully saturated rings. The molecule has 0 saturated heterocycles. The minimum absolute atomic E-state index is 0.183. The zero-order valence-corrected chi connectivity index (χ0v) is 10.0. The molecule has 2 N–H and O–H groups in total. The third kappa shape index (κ3) is 4.65. The lowest BCUT2D eigenvalue weighted by atomic mass is 9.84. The van der Waals surface area contributed by atoms with Gasteiger partial charge in [0.05, 0.1) is 0 Å². The van der Waals surface area contributed by atoms with Gasteiger partial charge in [0.1, 0.15) is 0 Å². The molecule has 15 heavy (non-hydrogen) atoms. The lowest BCUT2D eigenvalue weighted by molar-refractivity contribution is -0.122. The van der Waals surface area contributed by atoms with Gasteiger partial charge in [-0.3, -0.25) is 4.79 Å². The normalized spacial score (nSPS) is 19.9. The third-order valence-electron chi connectivity index (χ3n) is 3.35. The summed E-state index contributed by atoms with van der Waals surface area (Å²) >= 11 is 0. The first-order chi connectivity index (χ1) is 7.24. The number of hydrogen-bond donors (Lipinski definition) is 2. The maximum atomic E-state index is 11.5. The van der Waals surface area contributed by atoms with Crippen LogP contribution in [0.1, 0.15) is 45.4 Å². The number of amides is 1. The van der Waals surface area contributed by atoms with E-state index < -0.39 is 0 Å². The molecule has 0 aliphatic heterocycles. The minimum Gasteiger partial charge on any atom is -0.353 e. The molecule has 0 spiro atoms. The molecular formula is C12H24N2O. The standard InChI is InChI=1S/C12H24N2O/c1-10(11-6-4-3-5-7-11)14-12(15)8-9-13-2/h10-11,13H,3-9H2,1-2H3,(H,14,15)/t10-/m0/s1. The average molecular weight is 212 g/mol. The first kappa shape index (κ1) is 12.5. The summed E-state index contributed by atoms with van der Waals surface area (Å²) in [5.41, 5.74) is 0. The van der Waals surface area contributed by atoms with Crippen molar-refractivity contribution in [3.8, 4) is 0 Å². The van der Waals surface area contributed by atoms with Crippen molar-refractivity contribution in [3.05, 3.63) is 0 Å². The van der Waals surface area contributed by atoms with E-state index in [4.69, 9.17) is 0 Å². The summed E-state index contributed by atoms with van der Waals surface area (Å²) in [5.74, 6) is 0.889. The fraction of sp³-hybridized carbons (Fsp3) is 0.917. The van der Waals surface area contributed by atoms with Gasteiger partial charge in [-0.1, -0.05) is 19.3 Å². The molecule has 1 aliphatic carbocycles. The highest BCUT2D eigenvalue weighted by molar-refractivity contribution is 5.76. The number of carbonyl (C=O) groups excluding carboxylic acids is 1. The second-order valence-electron chi connectivity index (χ2n) is 4.61. The van der Waals surface area contributed by atoms with Crippen LogP contribution in [-0.4, -0.2) is 25.5 Å². The van der Waals surface area contributed by atoms with Crippen molar-refractivity contribution in [2.75, 3.05) is 13.6 Å². The van der Waals surface area contributed by atoms with Crippen molar-refractivity contribution in [1.82, 2.24) is 10.6 Å². The SMILES string of the molecule is CNCCC(=O)N[C@@H](C)C1CCCCC1. The highest BCUT2D eigenvalue weighted by Gasteiger charge is 2.20. The van der Waals surface area contributed by atoms with Gasteiger partial charge in [-0.15, -0.1) is 0 Å². The van der Waals surface area contributed by atoms with E-state index in [0.717, 1.165) is 6.54 Å². The lowest BCUT2D eigenvalue weighted by Crippen LogP contribution is -2.39. The summed E-state index contributed by atoms with van der Waals surface area (Å²) in [6, 6.07) is 0.356. The largest absolute Gasteiger partial charge is 0.353 e. The zero-order valence-electron chi connectivity index (χ0n) is 10.0. The van der Waals surface area contributed by atoms with Crippen molar-refractivity contribution in [2.24, 2.45) is 5.92 Å². The maximum Gasteiger partial charge on any atom is 0.221 e. The zero-order chi connectivity index (χ0) is 11.1. The molecule has 1 aliphatic rings. The Hall–Kier alpha value is -0.570. The van der Waals surface area contributed by atoms with Crippen LogP contribution in [0.2, 0.25) is 0 Å². The van der Waals surface area contributed by atoms with Gasteiger partial charge in [0.15, 0.2) is 0 Å². The Balaban J connectivity index is 2.21. The van der Waals surface area contributed by atoms with Crippen molar-refractivity contribution in [1.29, 1.82) is 0 Å². The molecule has 1 atom stereocenters. The minimum atomic E-state index is 0.183. The number of carbonyl (C=O) groups is 1. The summed E-state index contributed by atoms with van der Waals surface area (Å²) in [6.07, 6.45) is 7.20. The average Bonchev–Trinajstić information content (AvgIpc) is 2.27. The van der Waals surface area contributed by atoms with Crippen LogP contribution in [0.5, 0.6) is 0 Å². The smallest absolute Gasteiger partial charge is 0.221 e. The highest BCUT2D eigenvalue weighted by Crippen LogP contribution is 2.26. The molecule has 88 valence electrons. The first-order valence-electron chi connectivity index (χ1n) is 6.18. The van der Waals surface area contributed by atoms with Gasteiger partial charge in [0, 0.05) is 19.0 Å².